The lowest BCUT2D eigenvalue weighted by molar-refractivity contribution is -0.362. The number of rotatable bonds is 11. The van der Waals surface area contributed by atoms with Gasteiger partial charge in [0, 0.05) is 24.2 Å². The fraction of sp³-hybridized carbons (Fsp3) is 0.955. The summed E-state index contributed by atoms with van der Waals surface area (Å²) < 4.78 is 42.5. The molecule has 18 heteroatoms. The SMILES string of the molecule is CC1O[C@@H](OC2C(O)[C@@H](O)CO[C@H]2O[C@@H]2C[C@H](O)CC3=CCC4C5CC6O[C@](O)(CC[C@H](C)CO[C@H]7OC(CO)[C@@H](O)C(O)C7O)[C@@H](C)C6[C@@]5(C)CCC4[C@]32C)C(O)C(O)[C@H]1O. The van der Waals surface area contributed by atoms with Crippen molar-refractivity contribution in [2.75, 3.05) is 19.8 Å². The average molecular weight is 889 g/mol. The molecule has 13 unspecified atom stereocenters. The second kappa shape index (κ2) is 17.9. The van der Waals surface area contributed by atoms with Gasteiger partial charge < -0.3 is 89.3 Å². The van der Waals surface area contributed by atoms with Crippen LogP contribution < -0.4 is 0 Å². The summed E-state index contributed by atoms with van der Waals surface area (Å²) in [5, 5.41) is 117. The third kappa shape index (κ3) is 8.06. The highest BCUT2D eigenvalue weighted by Gasteiger charge is 2.69. The molecule has 8 aliphatic rings. The second-order valence-electron chi connectivity index (χ2n) is 20.7. The Kier molecular flexibility index (Phi) is 13.7. The minimum Gasteiger partial charge on any atom is -0.394 e. The second-order valence-corrected chi connectivity index (χ2v) is 20.7. The minimum atomic E-state index is -1.66. The van der Waals surface area contributed by atoms with Gasteiger partial charge in [-0.15, -0.1) is 0 Å². The largest absolute Gasteiger partial charge is 0.394 e. The molecule has 11 N–H and O–H groups in total. The maximum absolute atomic E-state index is 12.1. The highest BCUT2D eigenvalue weighted by molar-refractivity contribution is 5.28. The van der Waals surface area contributed by atoms with E-state index in [2.05, 4.69) is 26.8 Å². The number of aliphatic hydroxyl groups excluding tert-OH is 10. The van der Waals surface area contributed by atoms with Crippen LogP contribution in [-0.2, 0) is 33.2 Å². The molecule has 0 amide bonds. The molecule has 4 aliphatic carbocycles. The van der Waals surface area contributed by atoms with Crippen molar-refractivity contribution >= 4 is 0 Å². The van der Waals surface area contributed by atoms with Crippen LogP contribution in [0.5, 0.6) is 0 Å². The molecular weight excluding hydrogens is 816 g/mol. The number of allylic oxidation sites excluding steroid dienone is 1. The van der Waals surface area contributed by atoms with Crippen molar-refractivity contribution < 1.29 is 89.3 Å². The zero-order valence-corrected chi connectivity index (χ0v) is 36.4. The van der Waals surface area contributed by atoms with Crippen LogP contribution in [0.3, 0.4) is 0 Å². The van der Waals surface area contributed by atoms with Crippen LogP contribution in [0.15, 0.2) is 11.6 Å². The van der Waals surface area contributed by atoms with Gasteiger partial charge in [-0.25, -0.2) is 0 Å². The summed E-state index contributed by atoms with van der Waals surface area (Å²) in [6.07, 6.45) is -13.2. The monoisotopic (exact) mass is 888 g/mol. The Bertz CT molecular complexity index is 1590. The fourth-order valence-corrected chi connectivity index (χ4v) is 13.3. The smallest absolute Gasteiger partial charge is 0.187 e. The summed E-state index contributed by atoms with van der Waals surface area (Å²) >= 11 is 0. The normalized spacial score (nSPS) is 55.7. The van der Waals surface area contributed by atoms with Crippen molar-refractivity contribution in [2.24, 2.45) is 46.3 Å². The van der Waals surface area contributed by atoms with E-state index >= 15 is 0 Å². The summed E-state index contributed by atoms with van der Waals surface area (Å²) in [4.78, 5) is 0. The van der Waals surface area contributed by atoms with Gasteiger partial charge >= 0.3 is 0 Å². The third-order valence-electron chi connectivity index (χ3n) is 17.1. The lowest BCUT2D eigenvalue weighted by atomic mass is 9.46. The zero-order valence-electron chi connectivity index (χ0n) is 36.4. The Morgan fingerprint density at radius 2 is 1.53 bits per heavy atom. The Balaban J connectivity index is 0.935. The number of aliphatic hydroxyl groups is 11. The first-order chi connectivity index (χ1) is 29.2. The van der Waals surface area contributed by atoms with Crippen LogP contribution in [-0.4, -0.2) is 186 Å². The zero-order chi connectivity index (χ0) is 44.8. The van der Waals surface area contributed by atoms with Crippen LogP contribution >= 0.6 is 0 Å². The van der Waals surface area contributed by atoms with E-state index in [9.17, 15) is 56.2 Å². The Labute approximate surface area is 362 Å². The maximum atomic E-state index is 12.1. The van der Waals surface area contributed by atoms with E-state index in [1.54, 1.807) is 0 Å². The van der Waals surface area contributed by atoms with Crippen LogP contribution in [0.4, 0.5) is 0 Å². The molecule has 18 nitrogen and oxygen atoms in total. The number of hydrogen-bond acceptors (Lipinski definition) is 18. The number of ether oxygens (including phenoxy) is 7. The van der Waals surface area contributed by atoms with E-state index < -0.39 is 116 Å². The molecule has 0 aromatic rings. The van der Waals surface area contributed by atoms with Crippen molar-refractivity contribution in [1.82, 2.24) is 0 Å². The van der Waals surface area contributed by atoms with Crippen molar-refractivity contribution in [3.05, 3.63) is 11.6 Å². The van der Waals surface area contributed by atoms with Gasteiger partial charge in [0.05, 0.1) is 44.2 Å². The predicted molar refractivity (Wildman–Crippen MR) is 213 cm³/mol. The molecule has 4 aliphatic heterocycles. The highest BCUT2D eigenvalue weighted by atomic mass is 16.8. The summed E-state index contributed by atoms with van der Waals surface area (Å²) in [5.41, 5.74) is 0.452. The van der Waals surface area contributed by atoms with E-state index in [1.807, 2.05) is 6.92 Å². The van der Waals surface area contributed by atoms with Gasteiger partial charge in [0.2, 0.25) is 0 Å². The summed E-state index contributed by atoms with van der Waals surface area (Å²) in [6.45, 7) is 9.45. The molecule has 26 atom stereocenters. The molecule has 8 rings (SSSR count). The summed E-state index contributed by atoms with van der Waals surface area (Å²) in [7, 11) is 0. The maximum Gasteiger partial charge on any atom is 0.187 e. The quantitative estimate of drug-likeness (QED) is 0.108. The average Bonchev–Trinajstić information content (AvgIpc) is 3.67. The first kappa shape index (κ1) is 47.5. The number of hydrogen-bond donors (Lipinski definition) is 11. The lowest BCUT2D eigenvalue weighted by Crippen LogP contribution is -2.63. The van der Waals surface area contributed by atoms with E-state index in [0.717, 1.165) is 31.3 Å². The Morgan fingerprint density at radius 3 is 2.26 bits per heavy atom. The Morgan fingerprint density at radius 1 is 0.823 bits per heavy atom. The molecule has 7 fully saturated rings. The third-order valence-corrected chi connectivity index (χ3v) is 17.1. The van der Waals surface area contributed by atoms with E-state index in [0.29, 0.717) is 25.7 Å². The van der Waals surface area contributed by atoms with Gasteiger partial charge in [0.15, 0.2) is 24.7 Å². The lowest BCUT2D eigenvalue weighted by Gasteiger charge is -2.60. The molecule has 356 valence electrons. The van der Waals surface area contributed by atoms with Crippen LogP contribution in [0.2, 0.25) is 0 Å². The standard InChI is InChI=1S/C44H72O18/c1-18(16-56-39-36(53)35(52)33(50)28(15-45)59-39)8-11-44(55)19(2)30-27(62-44)14-25-23-7-6-21-12-22(46)13-29(43(21,5)24(23)9-10-42(25,30)4)60-41-38(32(49)26(47)17-57-41)61-40-37(54)34(51)31(48)20(3)58-40/h6,18-20,22-41,45-55H,7-17H2,1-5H3/t18-,19-,20?,22+,23?,24?,25?,26-,27?,28?,29+,30?,31-,32?,33+,34?,35?,36?,37?,38?,39-,40-,41-,42-,43-,44+/m0/s1. The molecule has 4 heterocycles. The predicted octanol–water partition coefficient (Wildman–Crippen LogP) is -1.22. The molecule has 0 aromatic heterocycles. The van der Waals surface area contributed by atoms with Crippen molar-refractivity contribution in [3.8, 4) is 0 Å². The summed E-state index contributed by atoms with van der Waals surface area (Å²) in [6, 6.07) is 0. The van der Waals surface area contributed by atoms with E-state index in [-0.39, 0.29) is 60.2 Å². The van der Waals surface area contributed by atoms with Crippen molar-refractivity contribution in [1.29, 1.82) is 0 Å². The van der Waals surface area contributed by atoms with Gasteiger partial charge in [-0.1, -0.05) is 39.3 Å². The fourth-order valence-electron chi connectivity index (χ4n) is 13.3. The molecule has 62 heavy (non-hydrogen) atoms. The van der Waals surface area contributed by atoms with Gasteiger partial charge in [0.1, 0.15) is 61.0 Å². The molecule has 0 bridgehead atoms. The number of fused-ring (bicyclic) bond motifs is 7. The van der Waals surface area contributed by atoms with Crippen LogP contribution in [0, 0.1) is 46.3 Å². The van der Waals surface area contributed by atoms with Gasteiger partial charge in [-0.05, 0) is 80.5 Å². The topological polar surface area (TPSA) is 287 Å². The van der Waals surface area contributed by atoms with E-state index in [1.165, 1.54) is 6.92 Å². The molecule has 0 aromatic carbocycles. The minimum absolute atomic E-state index is 0.0819. The molecule has 0 radical (unpaired) electrons. The van der Waals surface area contributed by atoms with Gasteiger partial charge in [-0.3, -0.25) is 0 Å². The van der Waals surface area contributed by atoms with Crippen molar-refractivity contribution in [2.45, 2.75) is 196 Å². The van der Waals surface area contributed by atoms with E-state index in [4.69, 9.17) is 33.2 Å². The van der Waals surface area contributed by atoms with Crippen LogP contribution in [0.1, 0.15) is 86.0 Å². The first-order valence-corrected chi connectivity index (χ1v) is 22.9. The molecular formula is C44H72O18. The van der Waals surface area contributed by atoms with Crippen molar-refractivity contribution in [3.63, 3.8) is 0 Å². The van der Waals surface area contributed by atoms with Crippen LogP contribution in [0.25, 0.3) is 0 Å². The first-order valence-electron chi connectivity index (χ1n) is 22.9. The molecule has 4 saturated heterocycles. The summed E-state index contributed by atoms with van der Waals surface area (Å²) in [5.74, 6) is -0.790. The van der Waals surface area contributed by atoms with Gasteiger partial charge in [0.25, 0.3) is 0 Å². The Hall–Kier alpha value is -0.980. The molecule has 3 saturated carbocycles. The van der Waals surface area contributed by atoms with Gasteiger partial charge in [-0.2, -0.15) is 0 Å². The highest BCUT2D eigenvalue weighted by Crippen LogP contribution is 2.70. The molecule has 0 spiro atoms.